The molecule has 2 bridgehead atoms. The molecular weight excluding hydrogens is 98.1 g/mol. The van der Waals surface area contributed by atoms with Gasteiger partial charge in [-0.1, -0.05) is 0 Å². The Kier molecular flexibility index (Phi) is 0.762. The highest BCUT2D eigenvalue weighted by molar-refractivity contribution is 4.99. The Morgan fingerprint density at radius 2 is 1.88 bits per heavy atom. The number of fused-ring (bicyclic) bond motifs is 2. The molecule has 1 N–H and O–H groups in total. The van der Waals surface area contributed by atoms with Crippen molar-refractivity contribution in [2.24, 2.45) is 5.92 Å². The average molecular weight is 110 g/mol. The molecule has 0 heterocycles. The van der Waals surface area contributed by atoms with Gasteiger partial charge in [0.15, 0.2) is 0 Å². The molecule has 2 fully saturated rings. The van der Waals surface area contributed by atoms with Crippen LogP contribution in [0.2, 0.25) is 0 Å². The maximum atomic E-state index is 7.77. The summed E-state index contributed by atoms with van der Waals surface area (Å²) in [6.07, 6.45) is 6.30. The molecule has 45 valence electrons. The number of nitrogens with one attached hydrogen (secondary N) is 1. The van der Waals surface area contributed by atoms with Gasteiger partial charge in [0.05, 0.1) is 0 Å². The van der Waals surface area contributed by atoms with Crippen molar-refractivity contribution in [2.75, 3.05) is 0 Å². The van der Waals surface area contributed by atoms with Gasteiger partial charge in [-0.15, -0.1) is 0 Å². The fraction of sp³-hybridized carbons (Fsp3) is 1.00. The van der Waals surface area contributed by atoms with Crippen LogP contribution >= 0.6 is 0 Å². The molecule has 2 aliphatic rings. The zero-order valence-corrected chi connectivity index (χ0v) is 5.11. The molecule has 1 nitrogen and oxygen atoms in total. The van der Waals surface area contributed by atoms with E-state index in [1.807, 2.05) is 0 Å². The molecule has 0 aromatic carbocycles. The summed E-state index contributed by atoms with van der Waals surface area (Å²) in [5.74, 6) is 0.951. The molecule has 2 aliphatic carbocycles. The molecule has 0 aliphatic heterocycles. The summed E-state index contributed by atoms with van der Waals surface area (Å²) in [5, 5.41) is 0. The summed E-state index contributed by atoms with van der Waals surface area (Å²) in [5.41, 5.74) is 7.83. The second kappa shape index (κ2) is 1.27. The van der Waals surface area contributed by atoms with Gasteiger partial charge in [0.2, 0.25) is 0 Å². The minimum Gasteiger partial charge on any atom is -0.251 e. The Balaban J connectivity index is 2.19. The highest BCUT2D eigenvalue weighted by Crippen LogP contribution is 2.46. The summed E-state index contributed by atoms with van der Waals surface area (Å²) in [6.45, 7) is 0. The molecule has 0 amide bonds. The van der Waals surface area contributed by atoms with Gasteiger partial charge in [0.25, 0.3) is 0 Å². The average Bonchev–Trinajstić information content (AvgIpc) is 2.21. The van der Waals surface area contributed by atoms with Gasteiger partial charge in [-0.25, -0.2) is 0 Å². The molecule has 0 aromatic rings. The molecule has 0 aromatic heterocycles. The summed E-state index contributed by atoms with van der Waals surface area (Å²) >= 11 is 0. The Morgan fingerprint density at radius 3 is 2.00 bits per heavy atom. The van der Waals surface area contributed by atoms with Crippen LogP contribution in [0.15, 0.2) is 0 Å². The highest BCUT2D eigenvalue weighted by Gasteiger charge is 2.42. The Hall–Kier alpha value is -0.0400. The molecule has 0 atom stereocenters. The van der Waals surface area contributed by atoms with Crippen molar-refractivity contribution in [3.8, 4) is 0 Å². The van der Waals surface area contributed by atoms with E-state index in [4.69, 9.17) is 5.73 Å². The van der Waals surface area contributed by atoms with Crippen LogP contribution in [0.1, 0.15) is 32.1 Å². The molecule has 1 heteroatoms. The van der Waals surface area contributed by atoms with Gasteiger partial charge in [-0.05, 0) is 38.0 Å². The van der Waals surface area contributed by atoms with Gasteiger partial charge in [-0.2, -0.15) is 0 Å². The van der Waals surface area contributed by atoms with Gasteiger partial charge in [0, 0.05) is 5.54 Å². The molecule has 0 saturated heterocycles. The Bertz CT molecular complexity index is 101. The van der Waals surface area contributed by atoms with Crippen LogP contribution in [0, 0.1) is 5.92 Å². The quantitative estimate of drug-likeness (QED) is 0.452. The number of hydrogen-bond acceptors (Lipinski definition) is 0. The molecule has 2 rings (SSSR count). The summed E-state index contributed by atoms with van der Waals surface area (Å²) in [6, 6.07) is 0. The van der Waals surface area contributed by atoms with Crippen LogP contribution in [0.25, 0.3) is 0 Å². The van der Waals surface area contributed by atoms with Crippen molar-refractivity contribution in [1.29, 1.82) is 0 Å². The van der Waals surface area contributed by atoms with E-state index in [9.17, 15) is 0 Å². The third kappa shape index (κ3) is 0.510. The maximum absolute atomic E-state index is 7.77. The van der Waals surface area contributed by atoms with Gasteiger partial charge >= 0.3 is 0 Å². The molecule has 0 unspecified atom stereocenters. The lowest BCUT2D eigenvalue weighted by Gasteiger charge is -2.17. The van der Waals surface area contributed by atoms with E-state index in [1.165, 1.54) is 32.1 Å². The van der Waals surface area contributed by atoms with E-state index in [1.54, 1.807) is 0 Å². The standard InChI is InChI=1S/C7H12N/c8-7-3-1-6(5-7)2-4-7/h6,8H,1-5H2. The number of hydrogen-bond donors (Lipinski definition) is 0. The van der Waals surface area contributed by atoms with E-state index < -0.39 is 0 Å². The predicted octanol–water partition coefficient (Wildman–Crippen LogP) is 1.60. The van der Waals surface area contributed by atoms with Crippen molar-refractivity contribution in [3.63, 3.8) is 0 Å². The lowest BCUT2D eigenvalue weighted by atomic mass is 9.95. The molecule has 1 radical (unpaired) electrons. The third-order valence-corrected chi connectivity index (χ3v) is 2.74. The summed E-state index contributed by atoms with van der Waals surface area (Å²) in [7, 11) is 0. The van der Waals surface area contributed by atoms with Crippen molar-refractivity contribution in [1.82, 2.24) is 5.73 Å². The van der Waals surface area contributed by atoms with Gasteiger partial charge < -0.3 is 0 Å². The lowest BCUT2D eigenvalue weighted by molar-refractivity contribution is 0.406. The first-order valence-corrected chi connectivity index (χ1v) is 3.54. The second-order valence-electron chi connectivity index (χ2n) is 3.43. The summed E-state index contributed by atoms with van der Waals surface area (Å²) < 4.78 is 0. The van der Waals surface area contributed by atoms with Crippen molar-refractivity contribution in [3.05, 3.63) is 0 Å². The first kappa shape index (κ1) is 4.80. The Labute approximate surface area is 50.3 Å². The zero-order valence-electron chi connectivity index (χ0n) is 5.11. The van der Waals surface area contributed by atoms with Crippen LogP contribution in [0.5, 0.6) is 0 Å². The van der Waals surface area contributed by atoms with Crippen LogP contribution in [0.3, 0.4) is 0 Å². The van der Waals surface area contributed by atoms with E-state index in [-0.39, 0.29) is 5.54 Å². The fourth-order valence-electron chi connectivity index (χ4n) is 2.19. The highest BCUT2D eigenvalue weighted by atomic mass is 14.8. The third-order valence-electron chi connectivity index (χ3n) is 2.74. The first-order valence-electron chi connectivity index (χ1n) is 3.54. The molecule has 8 heavy (non-hydrogen) atoms. The predicted molar refractivity (Wildman–Crippen MR) is 32.4 cm³/mol. The van der Waals surface area contributed by atoms with Gasteiger partial charge in [-0.3, -0.25) is 5.73 Å². The monoisotopic (exact) mass is 110 g/mol. The topological polar surface area (TPSA) is 23.8 Å². The SMILES string of the molecule is [NH]C12CCC(CC1)C2. The van der Waals surface area contributed by atoms with Crippen molar-refractivity contribution in [2.45, 2.75) is 37.6 Å². The van der Waals surface area contributed by atoms with E-state index in [0.717, 1.165) is 5.92 Å². The normalized spacial score (nSPS) is 52.9. The van der Waals surface area contributed by atoms with Gasteiger partial charge in [0.1, 0.15) is 0 Å². The van der Waals surface area contributed by atoms with E-state index in [0.29, 0.717) is 0 Å². The first-order chi connectivity index (χ1) is 3.79. The van der Waals surface area contributed by atoms with Crippen LogP contribution in [0.4, 0.5) is 0 Å². The van der Waals surface area contributed by atoms with Crippen molar-refractivity contribution < 1.29 is 0 Å². The maximum Gasteiger partial charge on any atom is 0.0326 e. The molecule has 2 saturated carbocycles. The Morgan fingerprint density at radius 1 is 1.25 bits per heavy atom. The minimum atomic E-state index is 0.0602. The number of rotatable bonds is 0. The van der Waals surface area contributed by atoms with E-state index >= 15 is 0 Å². The second-order valence-corrected chi connectivity index (χ2v) is 3.43. The summed E-state index contributed by atoms with van der Waals surface area (Å²) in [4.78, 5) is 0. The van der Waals surface area contributed by atoms with E-state index in [2.05, 4.69) is 0 Å². The fourth-order valence-corrected chi connectivity index (χ4v) is 2.19. The molecular formula is C7H12N. The lowest BCUT2D eigenvalue weighted by Crippen LogP contribution is -2.23. The largest absolute Gasteiger partial charge is 0.251 e. The van der Waals surface area contributed by atoms with Crippen LogP contribution < -0.4 is 5.73 Å². The zero-order chi connectivity index (χ0) is 5.61. The smallest absolute Gasteiger partial charge is 0.0326 e. The van der Waals surface area contributed by atoms with Crippen LogP contribution in [-0.4, -0.2) is 5.54 Å². The minimum absolute atomic E-state index is 0.0602. The van der Waals surface area contributed by atoms with Crippen molar-refractivity contribution >= 4 is 0 Å². The van der Waals surface area contributed by atoms with Crippen LogP contribution in [-0.2, 0) is 0 Å². The molecule has 0 spiro atoms.